The van der Waals surface area contributed by atoms with Gasteiger partial charge in [-0.2, -0.15) is 0 Å². The first-order chi connectivity index (χ1) is 9.36. The minimum Gasteiger partial charge on any atom is -0.449 e. The van der Waals surface area contributed by atoms with E-state index in [1.54, 1.807) is 0 Å². The molecule has 7 heteroatoms. The van der Waals surface area contributed by atoms with Crippen LogP contribution in [0.25, 0.3) is 0 Å². The Morgan fingerprint density at radius 3 is 2.55 bits per heavy atom. The predicted octanol–water partition coefficient (Wildman–Crippen LogP) is 1.62. The van der Waals surface area contributed by atoms with E-state index in [0.29, 0.717) is 18.7 Å². The Morgan fingerprint density at radius 2 is 1.95 bits per heavy atom. The Labute approximate surface area is 115 Å². The molecule has 0 aliphatic carbocycles. The lowest BCUT2D eigenvalue weighted by molar-refractivity contribution is -0.129. The molecule has 0 aliphatic rings. The zero-order valence-corrected chi connectivity index (χ0v) is 11.2. The predicted molar refractivity (Wildman–Crippen MR) is 68.9 cm³/mol. The molecule has 1 aromatic carbocycles. The van der Waals surface area contributed by atoms with Crippen molar-refractivity contribution in [2.24, 2.45) is 0 Å². The van der Waals surface area contributed by atoms with Crippen LogP contribution in [-0.2, 0) is 9.53 Å². The number of anilines is 1. The smallest absolute Gasteiger partial charge is 0.341 e. The van der Waals surface area contributed by atoms with Crippen LogP contribution in [-0.4, -0.2) is 24.5 Å². The molecule has 3 N–H and O–H groups in total. The number of nitrogens with two attached hydrogens (primary N) is 1. The number of amides is 1. The van der Waals surface area contributed by atoms with Gasteiger partial charge >= 0.3 is 5.97 Å². The number of carbonyl (C=O) groups is 2. The number of benzene rings is 1. The molecule has 0 aromatic heterocycles. The van der Waals surface area contributed by atoms with Crippen LogP contribution in [0.1, 0.15) is 30.6 Å². The fourth-order valence-electron chi connectivity index (χ4n) is 1.41. The van der Waals surface area contributed by atoms with Crippen LogP contribution in [0.3, 0.4) is 0 Å². The van der Waals surface area contributed by atoms with Crippen LogP contribution in [0, 0.1) is 11.6 Å². The van der Waals surface area contributed by atoms with Crippen LogP contribution in [0.15, 0.2) is 12.1 Å². The molecule has 1 unspecified atom stereocenters. The first kappa shape index (κ1) is 15.9. The Morgan fingerprint density at radius 1 is 1.35 bits per heavy atom. The summed E-state index contributed by atoms with van der Waals surface area (Å²) in [5.41, 5.74) is 4.84. The molecule has 1 rings (SSSR count). The zero-order chi connectivity index (χ0) is 15.3. The fourth-order valence-corrected chi connectivity index (χ4v) is 1.41. The minimum absolute atomic E-state index is 0.255. The number of ether oxygens (including phenoxy) is 1. The third-order valence-electron chi connectivity index (χ3n) is 2.51. The minimum atomic E-state index is -1.21. The standard InChI is InChI=1S/C13H16F2N2O3/c1-3-4-17-12(18)7(2)20-13(19)8-5-9(14)10(15)6-11(8)16/h5-7H,3-4,16H2,1-2H3,(H,17,18). The van der Waals surface area contributed by atoms with Gasteiger partial charge in [-0.15, -0.1) is 0 Å². The first-order valence-electron chi connectivity index (χ1n) is 6.10. The Bertz CT molecular complexity index is 521. The van der Waals surface area contributed by atoms with Gasteiger partial charge in [0, 0.05) is 18.3 Å². The summed E-state index contributed by atoms with van der Waals surface area (Å²) in [5.74, 6) is -3.83. The van der Waals surface area contributed by atoms with Crippen molar-refractivity contribution >= 4 is 17.6 Å². The summed E-state index contributed by atoms with van der Waals surface area (Å²) in [4.78, 5) is 23.3. The van der Waals surface area contributed by atoms with Crippen LogP contribution in [0.2, 0.25) is 0 Å². The molecule has 0 saturated heterocycles. The van der Waals surface area contributed by atoms with Gasteiger partial charge in [-0.05, 0) is 19.4 Å². The van der Waals surface area contributed by atoms with Gasteiger partial charge in [-0.25, -0.2) is 13.6 Å². The summed E-state index contributed by atoms with van der Waals surface area (Å²) in [6, 6.07) is 1.33. The number of esters is 1. The molecule has 1 aromatic rings. The van der Waals surface area contributed by atoms with E-state index in [1.807, 2.05) is 6.92 Å². The van der Waals surface area contributed by atoms with Gasteiger partial charge in [0.1, 0.15) is 0 Å². The molecule has 0 saturated carbocycles. The van der Waals surface area contributed by atoms with E-state index >= 15 is 0 Å². The maximum atomic E-state index is 13.1. The number of rotatable bonds is 5. The van der Waals surface area contributed by atoms with Crippen LogP contribution >= 0.6 is 0 Å². The normalized spacial score (nSPS) is 11.8. The SMILES string of the molecule is CCCNC(=O)C(C)OC(=O)c1cc(F)c(F)cc1N. The van der Waals surface area contributed by atoms with Crippen molar-refractivity contribution in [1.29, 1.82) is 0 Å². The van der Waals surface area contributed by atoms with E-state index in [9.17, 15) is 18.4 Å². The maximum Gasteiger partial charge on any atom is 0.341 e. The number of hydrogen-bond acceptors (Lipinski definition) is 4. The molecule has 0 radical (unpaired) electrons. The summed E-state index contributed by atoms with van der Waals surface area (Å²) in [6.07, 6.45) is -0.315. The molecule has 0 heterocycles. The Hall–Kier alpha value is -2.18. The monoisotopic (exact) mass is 286 g/mol. The van der Waals surface area contributed by atoms with Crippen molar-refractivity contribution in [3.63, 3.8) is 0 Å². The van der Waals surface area contributed by atoms with Crippen molar-refractivity contribution in [1.82, 2.24) is 5.32 Å². The number of halogens is 2. The van der Waals surface area contributed by atoms with Gasteiger partial charge in [0.15, 0.2) is 17.7 Å². The van der Waals surface area contributed by atoms with E-state index in [2.05, 4.69) is 5.32 Å². The first-order valence-corrected chi connectivity index (χ1v) is 6.10. The van der Waals surface area contributed by atoms with Gasteiger partial charge in [-0.3, -0.25) is 4.79 Å². The second-order valence-corrected chi connectivity index (χ2v) is 4.19. The summed E-state index contributed by atoms with van der Waals surface area (Å²) in [6.45, 7) is 3.70. The number of carbonyl (C=O) groups excluding carboxylic acids is 2. The Kier molecular flexibility index (Phi) is 5.42. The van der Waals surface area contributed by atoms with Crippen LogP contribution in [0.5, 0.6) is 0 Å². The van der Waals surface area contributed by atoms with Crippen molar-refractivity contribution in [3.8, 4) is 0 Å². The van der Waals surface area contributed by atoms with Crippen molar-refractivity contribution in [2.75, 3.05) is 12.3 Å². The lowest BCUT2D eigenvalue weighted by Crippen LogP contribution is -2.36. The van der Waals surface area contributed by atoms with Gasteiger partial charge < -0.3 is 15.8 Å². The molecule has 5 nitrogen and oxygen atoms in total. The van der Waals surface area contributed by atoms with Crippen molar-refractivity contribution in [2.45, 2.75) is 26.4 Å². The van der Waals surface area contributed by atoms with Crippen molar-refractivity contribution in [3.05, 3.63) is 29.3 Å². The van der Waals surface area contributed by atoms with Gasteiger partial charge in [0.05, 0.1) is 5.56 Å². The van der Waals surface area contributed by atoms with E-state index < -0.39 is 29.6 Å². The number of nitrogen functional groups attached to an aromatic ring is 1. The van der Waals surface area contributed by atoms with Crippen LogP contribution < -0.4 is 11.1 Å². The quantitative estimate of drug-likeness (QED) is 0.636. The average molecular weight is 286 g/mol. The molecule has 0 bridgehead atoms. The number of nitrogens with one attached hydrogen (secondary N) is 1. The molecular weight excluding hydrogens is 270 g/mol. The molecule has 0 spiro atoms. The summed E-state index contributed by atoms with van der Waals surface area (Å²) < 4.78 is 30.8. The lowest BCUT2D eigenvalue weighted by Gasteiger charge is -2.14. The molecule has 0 fully saturated rings. The highest BCUT2D eigenvalue weighted by Crippen LogP contribution is 2.18. The maximum absolute atomic E-state index is 13.1. The molecule has 1 atom stereocenters. The van der Waals surface area contributed by atoms with Gasteiger partial charge in [-0.1, -0.05) is 6.92 Å². The molecule has 0 aliphatic heterocycles. The lowest BCUT2D eigenvalue weighted by atomic mass is 10.1. The van der Waals surface area contributed by atoms with Gasteiger partial charge in [0.2, 0.25) is 0 Å². The highest BCUT2D eigenvalue weighted by Gasteiger charge is 2.21. The summed E-state index contributed by atoms with van der Waals surface area (Å²) >= 11 is 0. The van der Waals surface area contributed by atoms with Gasteiger partial charge in [0.25, 0.3) is 5.91 Å². The molecule has 1 amide bonds. The second-order valence-electron chi connectivity index (χ2n) is 4.19. The van der Waals surface area contributed by atoms with Crippen molar-refractivity contribution < 1.29 is 23.1 Å². The zero-order valence-electron chi connectivity index (χ0n) is 11.2. The second kappa shape index (κ2) is 6.83. The third-order valence-corrected chi connectivity index (χ3v) is 2.51. The van der Waals surface area contributed by atoms with E-state index in [-0.39, 0.29) is 11.3 Å². The fraction of sp³-hybridized carbons (Fsp3) is 0.385. The third kappa shape index (κ3) is 3.91. The highest BCUT2D eigenvalue weighted by molar-refractivity contribution is 5.96. The molecule has 110 valence electrons. The summed E-state index contributed by atoms with van der Waals surface area (Å²) in [7, 11) is 0. The van der Waals surface area contributed by atoms with E-state index in [4.69, 9.17) is 10.5 Å². The average Bonchev–Trinajstić information content (AvgIpc) is 2.39. The Balaban J connectivity index is 2.76. The molecular formula is C13H16F2N2O3. The largest absolute Gasteiger partial charge is 0.449 e. The molecule has 20 heavy (non-hydrogen) atoms. The highest BCUT2D eigenvalue weighted by atomic mass is 19.2. The number of hydrogen-bond donors (Lipinski definition) is 2. The van der Waals surface area contributed by atoms with Crippen LogP contribution in [0.4, 0.5) is 14.5 Å². The topological polar surface area (TPSA) is 81.4 Å². The van der Waals surface area contributed by atoms with E-state index in [0.717, 1.165) is 6.42 Å². The summed E-state index contributed by atoms with van der Waals surface area (Å²) in [5, 5.41) is 2.54. The van der Waals surface area contributed by atoms with E-state index in [1.165, 1.54) is 6.92 Å².